The Morgan fingerprint density at radius 3 is 2.77 bits per heavy atom. The first-order chi connectivity index (χ1) is 14.8. The molecule has 5 aromatic rings. The molecule has 7 heteroatoms. The molecule has 0 amide bonds. The lowest BCUT2D eigenvalue weighted by molar-refractivity contribution is -0.642. The topological polar surface area (TPSA) is 72.7 Å². The normalized spacial score (nSPS) is 13.6. The van der Waals surface area contributed by atoms with Crippen LogP contribution in [0.15, 0.2) is 84.1 Å². The Morgan fingerprint density at radius 1 is 1.00 bits per heavy atom. The van der Waals surface area contributed by atoms with Gasteiger partial charge in [0.05, 0.1) is 12.0 Å². The summed E-state index contributed by atoms with van der Waals surface area (Å²) in [5.41, 5.74) is 9.18. The largest absolute Gasteiger partial charge is 0.463 e. The van der Waals surface area contributed by atoms with Crippen LogP contribution < -0.4 is 10.1 Å². The summed E-state index contributed by atoms with van der Waals surface area (Å²) in [7, 11) is 0. The van der Waals surface area contributed by atoms with Crippen LogP contribution in [0, 0.1) is 0 Å². The van der Waals surface area contributed by atoms with Gasteiger partial charge in [-0.1, -0.05) is 16.8 Å². The molecule has 146 valence electrons. The van der Waals surface area contributed by atoms with Crippen LogP contribution in [0.4, 0.5) is 5.69 Å². The molecule has 0 atom stereocenters. The first-order valence-corrected chi connectivity index (χ1v) is 9.95. The minimum atomic E-state index is 0.545. The maximum atomic E-state index is 5.46. The number of aromatic nitrogens is 5. The molecule has 0 bridgehead atoms. The van der Waals surface area contributed by atoms with E-state index in [9.17, 15) is 0 Å². The molecular weight excluding hydrogens is 376 g/mol. The number of hydrogen-bond acceptors (Lipinski definition) is 5. The Bertz CT molecular complexity index is 1330. The van der Waals surface area contributed by atoms with Gasteiger partial charge in [0, 0.05) is 41.6 Å². The average molecular weight is 395 g/mol. The number of nitrogens with one attached hydrogen (secondary N) is 1. The fraction of sp³-hybridized carbons (Fsp3) is 0.130. The first-order valence-electron chi connectivity index (χ1n) is 9.95. The summed E-state index contributed by atoms with van der Waals surface area (Å²) >= 11 is 0. The smallest absolute Gasteiger partial charge is 0.200 e. The molecule has 1 saturated carbocycles. The van der Waals surface area contributed by atoms with Crippen molar-refractivity contribution >= 4 is 16.8 Å². The zero-order chi connectivity index (χ0) is 19.9. The fourth-order valence-electron chi connectivity index (χ4n) is 3.64. The summed E-state index contributed by atoms with van der Waals surface area (Å²) in [5.74, 6) is 0.919. The molecule has 1 N–H and O–H groups in total. The van der Waals surface area contributed by atoms with Gasteiger partial charge in [-0.05, 0) is 36.6 Å². The number of fused-ring (bicyclic) bond motifs is 1. The molecule has 0 saturated heterocycles. The lowest BCUT2D eigenvalue weighted by atomic mass is 10.1. The van der Waals surface area contributed by atoms with E-state index < -0.39 is 0 Å². The number of nitrogens with zero attached hydrogens (tertiary/aromatic N) is 5. The minimum Gasteiger partial charge on any atom is -0.463 e. The Balaban J connectivity index is 1.24. The van der Waals surface area contributed by atoms with Crippen LogP contribution in [-0.2, 0) is 0 Å². The second-order valence-corrected chi connectivity index (χ2v) is 7.51. The van der Waals surface area contributed by atoms with Gasteiger partial charge in [0.25, 0.3) is 0 Å². The third kappa shape index (κ3) is 3.10. The second kappa shape index (κ2) is 6.81. The van der Waals surface area contributed by atoms with Gasteiger partial charge in [-0.2, -0.15) is 5.43 Å². The highest BCUT2D eigenvalue weighted by atomic mass is 16.3. The molecule has 1 aliphatic rings. The molecule has 0 spiro atoms. The molecule has 0 unspecified atom stereocenters. The van der Waals surface area contributed by atoms with Crippen molar-refractivity contribution < 1.29 is 9.09 Å². The highest BCUT2D eigenvalue weighted by Gasteiger charge is 2.26. The quantitative estimate of drug-likeness (QED) is 0.451. The van der Waals surface area contributed by atoms with E-state index in [0.717, 1.165) is 39.3 Å². The maximum absolute atomic E-state index is 5.46. The van der Waals surface area contributed by atoms with Crippen molar-refractivity contribution in [1.29, 1.82) is 0 Å². The summed E-state index contributed by atoms with van der Waals surface area (Å²) < 4.78 is 9.56. The zero-order valence-corrected chi connectivity index (χ0v) is 16.1. The van der Waals surface area contributed by atoms with Crippen LogP contribution in [0.2, 0.25) is 0 Å². The van der Waals surface area contributed by atoms with E-state index >= 15 is 0 Å². The van der Waals surface area contributed by atoms with Crippen LogP contribution in [-0.4, -0.2) is 19.7 Å². The van der Waals surface area contributed by atoms with Crippen LogP contribution in [0.1, 0.15) is 18.9 Å². The molecule has 4 heterocycles. The van der Waals surface area contributed by atoms with Crippen molar-refractivity contribution in [3.8, 4) is 22.5 Å². The maximum Gasteiger partial charge on any atom is 0.200 e. The molecule has 7 nitrogen and oxygen atoms in total. The van der Waals surface area contributed by atoms with Gasteiger partial charge >= 0.3 is 0 Å². The Hall–Kier alpha value is -4.00. The number of hydrogen-bond donors (Lipinski definition) is 1. The summed E-state index contributed by atoms with van der Waals surface area (Å²) in [5, 5.41) is 8.43. The lowest BCUT2D eigenvalue weighted by Crippen LogP contribution is -2.41. The number of benzene rings is 1. The van der Waals surface area contributed by atoms with E-state index in [0.29, 0.717) is 6.04 Å². The second-order valence-electron chi connectivity index (χ2n) is 7.51. The molecule has 1 aromatic carbocycles. The summed E-state index contributed by atoms with van der Waals surface area (Å²) in [6.45, 7) is 0. The highest BCUT2D eigenvalue weighted by molar-refractivity contribution is 5.78. The highest BCUT2D eigenvalue weighted by Crippen LogP contribution is 2.37. The molecular formula is C23H19N6O+. The van der Waals surface area contributed by atoms with E-state index in [1.807, 2.05) is 66.0 Å². The van der Waals surface area contributed by atoms with E-state index in [-0.39, 0.29) is 0 Å². The van der Waals surface area contributed by atoms with Crippen LogP contribution >= 0.6 is 0 Å². The molecule has 0 radical (unpaired) electrons. The van der Waals surface area contributed by atoms with Gasteiger partial charge in [-0.25, -0.2) is 0 Å². The average Bonchev–Trinajstić information content (AvgIpc) is 3.32. The molecule has 0 aliphatic heterocycles. The van der Waals surface area contributed by atoms with Gasteiger partial charge in [-0.3, -0.25) is 4.98 Å². The van der Waals surface area contributed by atoms with E-state index in [1.165, 1.54) is 12.8 Å². The molecule has 1 fully saturated rings. The summed E-state index contributed by atoms with van der Waals surface area (Å²) in [6.07, 6.45) is 11.7. The van der Waals surface area contributed by atoms with Crippen LogP contribution in [0.25, 0.3) is 33.6 Å². The molecule has 1 aliphatic carbocycles. The Kier molecular flexibility index (Phi) is 3.84. The Morgan fingerprint density at radius 2 is 1.90 bits per heavy atom. The van der Waals surface area contributed by atoms with Crippen molar-refractivity contribution in [2.45, 2.75) is 18.9 Å². The third-order valence-corrected chi connectivity index (χ3v) is 5.36. The van der Waals surface area contributed by atoms with Crippen molar-refractivity contribution in [2.24, 2.45) is 0 Å². The summed E-state index contributed by atoms with van der Waals surface area (Å²) in [6, 6.07) is 16.7. The molecule has 4 aromatic heterocycles. The van der Waals surface area contributed by atoms with E-state index in [1.54, 1.807) is 6.26 Å². The van der Waals surface area contributed by atoms with Crippen molar-refractivity contribution in [3.63, 3.8) is 0 Å². The van der Waals surface area contributed by atoms with Gasteiger partial charge in [-0.15, -0.1) is 10.2 Å². The predicted octanol–water partition coefficient (Wildman–Crippen LogP) is 4.25. The van der Waals surface area contributed by atoms with Gasteiger partial charge in [0.2, 0.25) is 0 Å². The van der Waals surface area contributed by atoms with Crippen LogP contribution in [0.3, 0.4) is 0 Å². The van der Waals surface area contributed by atoms with Gasteiger partial charge < -0.3 is 8.98 Å². The van der Waals surface area contributed by atoms with E-state index in [4.69, 9.17) is 4.42 Å². The number of furan rings is 1. The standard InChI is InChI=1S/C23H19N6O/c1-2-17(23-26-25-15-29(23)20-4-5-20)12-19(3-1)27-28-9-6-16(7-10-28)18-13-22-21(24-14-18)8-11-30-22/h1-3,6-15,20,27H,4-5H2/q+1. The third-order valence-electron chi connectivity index (χ3n) is 5.36. The zero-order valence-electron chi connectivity index (χ0n) is 16.1. The Labute approximate surface area is 172 Å². The molecule has 30 heavy (non-hydrogen) atoms. The minimum absolute atomic E-state index is 0.545. The number of anilines is 1. The van der Waals surface area contributed by atoms with Crippen molar-refractivity contribution in [2.75, 3.05) is 5.43 Å². The monoisotopic (exact) mass is 395 g/mol. The SMILES string of the molecule is c1cc(N[n+]2ccc(-c3cnc4ccoc4c3)cc2)cc(-c2nncn2C2CC2)c1. The molecule has 6 rings (SSSR count). The lowest BCUT2D eigenvalue weighted by Gasteiger charge is -2.07. The van der Waals surface area contributed by atoms with E-state index in [2.05, 4.69) is 37.3 Å². The van der Waals surface area contributed by atoms with Crippen LogP contribution in [0.5, 0.6) is 0 Å². The number of pyridine rings is 2. The summed E-state index contributed by atoms with van der Waals surface area (Å²) in [4.78, 5) is 4.44. The van der Waals surface area contributed by atoms with Crippen molar-refractivity contribution in [1.82, 2.24) is 19.7 Å². The number of rotatable bonds is 5. The van der Waals surface area contributed by atoms with Gasteiger partial charge in [0.1, 0.15) is 11.8 Å². The van der Waals surface area contributed by atoms with Crippen molar-refractivity contribution in [3.05, 3.63) is 79.7 Å². The fourth-order valence-corrected chi connectivity index (χ4v) is 3.64. The first kappa shape index (κ1) is 16.9. The van der Waals surface area contributed by atoms with Gasteiger partial charge in [0.15, 0.2) is 23.8 Å². The predicted molar refractivity (Wildman–Crippen MR) is 112 cm³/mol.